The SMILES string of the molecule is CC(C)OCC(O)CNCCCOCCO. The standard InChI is InChI=1S/C11H25NO4/c1-10(2)16-9-11(14)8-12-4-3-6-15-7-5-13/h10-14H,3-9H2,1-2H3. The Hall–Kier alpha value is -0.200. The minimum Gasteiger partial charge on any atom is -0.394 e. The molecule has 5 nitrogen and oxygen atoms in total. The molecule has 1 atom stereocenters. The van der Waals surface area contributed by atoms with E-state index in [4.69, 9.17) is 14.6 Å². The lowest BCUT2D eigenvalue weighted by Crippen LogP contribution is -2.32. The molecule has 0 amide bonds. The van der Waals surface area contributed by atoms with Crippen LogP contribution in [0.25, 0.3) is 0 Å². The number of hydrogen-bond donors (Lipinski definition) is 3. The fourth-order valence-corrected chi connectivity index (χ4v) is 1.10. The number of rotatable bonds is 11. The van der Waals surface area contributed by atoms with Gasteiger partial charge in [0, 0.05) is 13.2 Å². The fourth-order valence-electron chi connectivity index (χ4n) is 1.10. The lowest BCUT2D eigenvalue weighted by molar-refractivity contribution is 0.00622. The van der Waals surface area contributed by atoms with Gasteiger partial charge in [0.25, 0.3) is 0 Å². The third-order valence-electron chi connectivity index (χ3n) is 1.88. The number of aliphatic hydroxyl groups excluding tert-OH is 2. The van der Waals surface area contributed by atoms with E-state index in [9.17, 15) is 5.11 Å². The van der Waals surface area contributed by atoms with Crippen LogP contribution < -0.4 is 5.32 Å². The lowest BCUT2D eigenvalue weighted by atomic mass is 10.3. The third kappa shape index (κ3) is 11.9. The highest BCUT2D eigenvalue weighted by atomic mass is 16.5. The quantitative estimate of drug-likeness (QED) is 0.431. The second-order valence-electron chi connectivity index (χ2n) is 3.93. The van der Waals surface area contributed by atoms with Crippen molar-refractivity contribution in [3.8, 4) is 0 Å². The van der Waals surface area contributed by atoms with Crippen molar-refractivity contribution in [2.45, 2.75) is 32.5 Å². The topological polar surface area (TPSA) is 71.0 Å². The molecule has 0 heterocycles. The smallest absolute Gasteiger partial charge is 0.0897 e. The second kappa shape index (κ2) is 11.3. The number of hydrogen-bond acceptors (Lipinski definition) is 5. The van der Waals surface area contributed by atoms with E-state index in [-0.39, 0.29) is 12.7 Å². The second-order valence-corrected chi connectivity index (χ2v) is 3.93. The number of ether oxygens (including phenoxy) is 2. The van der Waals surface area contributed by atoms with E-state index in [2.05, 4.69) is 5.32 Å². The van der Waals surface area contributed by atoms with E-state index in [1.165, 1.54) is 0 Å². The molecule has 0 aliphatic carbocycles. The first-order valence-corrected chi connectivity index (χ1v) is 5.85. The molecule has 0 radical (unpaired) electrons. The van der Waals surface area contributed by atoms with Gasteiger partial charge in [0.2, 0.25) is 0 Å². The molecular weight excluding hydrogens is 210 g/mol. The Morgan fingerprint density at radius 1 is 1.25 bits per heavy atom. The third-order valence-corrected chi connectivity index (χ3v) is 1.88. The first-order chi connectivity index (χ1) is 7.66. The highest BCUT2D eigenvalue weighted by molar-refractivity contribution is 4.58. The Labute approximate surface area is 97.8 Å². The molecular formula is C11H25NO4. The van der Waals surface area contributed by atoms with E-state index in [1.807, 2.05) is 13.8 Å². The van der Waals surface area contributed by atoms with Crippen LogP contribution in [0, 0.1) is 0 Å². The van der Waals surface area contributed by atoms with Gasteiger partial charge >= 0.3 is 0 Å². The normalized spacial score (nSPS) is 13.3. The van der Waals surface area contributed by atoms with Crippen molar-refractivity contribution in [3.63, 3.8) is 0 Å². The largest absolute Gasteiger partial charge is 0.394 e. The molecule has 1 unspecified atom stereocenters. The van der Waals surface area contributed by atoms with E-state index >= 15 is 0 Å². The van der Waals surface area contributed by atoms with Gasteiger partial charge in [-0.05, 0) is 26.8 Å². The maximum atomic E-state index is 9.49. The summed E-state index contributed by atoms with van der Waals surface area (Å²) in [5, 5.41) is 21.1. The highest BCUT2D eigenvalue weighted by Crippen LogP contribution is 1.91. The molecule has 5 heteroatoms. The maximum absolute atomic E-state index is 9.49. The molecule has 0 aromatic carbocycles. The highest BCUT2D eigenvalue weighted by Gasteiger charge is 2.04. The lowest BCUT2D eigenvalue weighted by Gasteiger charge is -2.14. The maximum Gasteiger partial charge on any atom is 0.0897 e. The van der Waals surface area contributed by atoms with Crippen molar-refractivity contribution >= 4 is 0 Å². The van der Waals surface area contributed by atoms with Crippen LogP contribution in [0.15, 0.2) is 0 Å². The predicted molar refractivity (Wildman–Crippen MR) is 62.5 cm³/mol. The summed E-state index contributed by atoms with van der Waals surface area (Å²) in [6.07, 6.45) is 0.569. The Balaban J connectivity index is 3.12. The molecule has 0 aliphatic heterocycles. The zero-order valence-electron chi connectivity index (χ0n) is 10.3. The minimum atomic E-state index is -0.458. The average molecular weight is 235 g/mol. The van der Waals surface area contributed by atoms with E-state index < -0.39 is 6.10 Å². The molecule has 0 aliphatic rings. The summed E-state index contributed by atoms with van der Waals surface area (Å²) >= 11 is 0. The van der Waals surface area contributed by atoms with Crippen LogP contribution in [0.1, 0.15) is 20.3 Å². The monoisotopic (exact) mass is 235 g/mol. The van der Waals surface area contributed by atoms with Gasteiger partial charge in [-0.15, -0.1) is 0 Å². The van der Waals surface area contributed by atoms with Crippen molar-refractivity contribution in [2.75, 3.05) is 39.5 Å². The van der Waals surface area contributed by atoms with Crippen molar-refractivity contribution < 1.29 is 19.7 Å². The molecule has 0 aromatic heterocycles. The average Bonchev–Trinajstić information content (AvgIpc) is 2.25. The fraction of sp³-hybridized carbons (Fsp3) is 1.00. The Bertz CT molecular complexity index is 144. The first-order valence-electron chi connectivity index (χ1n) is 5.85. The Kier molecular flexibility index (Phi) is 11.1. The Morgan fingerprint density at radius 2 is 2.00 bits per heavy atom. The van der Waals surface area contributed by atoms with Crippen LogP contribution in [0.4, 0.5) is 0 Å². The molecule has 0 rings (SSSR count). The molecule has 0 aromatic rings. The molecule has 0 spiro atoms. The summed E-state index contributed by atoms with van der Waals surface area (Å²) in [6, 6.07) is 0. The van der Waals surface area contributed by atoms with E-state index in [1.54, 1.807) is 0 Å². The van der Waals surface area contributed by atoms with Gasteiger partial charge in [0.05, 0.1) is 32.0 Å². The summed E-state index contributed by atoms with van der Waals surface area (Å²) < 4.78 is 10.4. The van der Waals surface area contributed by atoms with Gasteiger partial charge in [-0.25, -0.2) is 0 Å². The summed E-state index contributed by atoms with van der Waals surface area (Å²) in [6.45, 7) is 6.68. The molecule has 16 heavy (non-hydrogen) atoms. The van der Waals surface area contributed by atoms with Crippen molar-refractivity contribution in [1.82, 2.24) is 5.32 Å². The molecule has 3 N–H and O–H groups in total. The van der Waals surface area contributed by atoms with E-state index in [0.29, 0.717) is 26.4 Å². The van der Waals surface area contributed by atoms with E-state index in [0.717, 1.165) is 13.0 Å². The van der Waals surface area contributed by atoms with Crippen LogP contribution in [0.2, 0.25) is 0 Å². The van der Waals surface area contributed by atoms with Gasteiger partial charge in [-0.1, -0.05) is 0 Å². The zero-order chi connectivity index (χ0) is 12.2. The number of nitrogens with one attached hydrogen (secondary N) is 1. The molecule has 0 bridgehead atoms. The molecule has 98 valence electrons. The predicted octanol–water partition coefficient (Wildman–Crippen LogP) is -0.239. The molecule has 0 saturated carbocycles. The van der Waals surface area contributed by atoms with Crippen molar-refractivity contribution in [2.24, 2.45) is 0 Å². The molecule has 0 fully saturated rings. The van der Waals surface area contributed by atoms with Gasteiger partial charge in [-0.3, -0.25) is 0 Å². The van der Waals surface area contributed by atoms with Crippen molar-refractivity contribution in [1.29, 1.82) is 0 Å². The zero-order valence-corrected chi connectivity index (χ0v) is 10.3. The minimum absolute atomic E-state index is 0.0681. The summed E-state index contributed by atoms with van der Waals surface area (Å²) in [5.74, 6) is 0. The summed E-state index contributed by atoms with van der Waals surface area (Å²) in [4.78, 5) is 0. The van der Waals surface area contributed by atoms with Gasteiger partial charge < -0.3 is 25.0 Å². The summed E-state index contributed by atoms with van der Waals surface area (Å²) in [5.41, 5.74) is 0. The van der Waals surface area contributed by atoms with Gasteiger partial charge in [0.1, 0.15) is 0 Å². The van der Waals surface area contributed by atoms with Gasteiger partial charge in [-0.2, -0.15) is 0 Å². The van der Waals surface area contributed by atoms with Gasteiger partial charge in [0.15, 0.2) is 0 Å². The summed E-state index contributed by atoms with van der Waals surface area (Å²) in [7, 11) is 0. The van der Waals surface area contributed by atoms with Crippen LogP contribution in [0.5, 0.6) is 0 Å². The Morgan fingerprint density at radius 3 is 2.62 bits per heavy atom. The van der Waals surface area contributed by atoms with Crippen LogP contribution in [-0.4, -0.2) is 61.9 Å². The van der Waals surface area contributed by atoms with Crippen LogP contribution in [-0.2, 0) is 9.47 Å². The molecule has 0 saturated heterocycles. The van der Waals surface area contributed by atoms with Crippen LogP contribution >= 0.6 is 0 Å². The van der Waals surface area contributed by atoms with Crippen LogP contribution in [0.3, 0.4) is 0 Å². The van der Waals surface area contributed by atoms with Crippen molar-refractivity contribution in [3.05, 3.63) is 0 Å². The first kappa shape index (κ1) is 15.8. The number of aliphatic hydroxyl groups is 2.